The molecule has 0 heterocycles. The van der Waals surface area contributed by atoms with Gasteiger partial charge in [-0.1, -0.05) is 0 Å². The van der Waals surface area contributed by atoms with Crippen LogP contribution in [-0.4, -0.2) is 19.7 Å². The molecule has 16 heavy (non-hydrogen) atoms. The predicted molar refractivity (Wildman–Crippen MR) is 58.6 cm³/mol. The first kappa shape index (κ1) is 12.2. The molecule has 0 spiro atoms. The molecular formula is C12H13FO3. The Hall–Kier alpha value is -1.84. The van der Waals surface area contributed by atoms with Gasteiger partial charge >= 0.3 is 5.97 Å². The molecule has 0 aliphatic heterocycles. The molecule has 4 heteroatoms. The highest BCUT2D eigenvalue weighted by molar-refractivity contribution is 5.87. The van der Waals surface area contributed by atoms with Crippen LogP contribution in [0.15, 0.2) is 24.3 Å². The third kappa shape index (κ3) is 3.38. The topological polar surface area (TPSA) is 35.5 Å². The summed E-state index contributed by atoms with van der Waals surface area (Å²) in [4.78, 5) is 11.0. The Kier molecular flexibility index (Phi) is 4.51. The van der Waals surface area contributed by atoms with E-state index in [1.807, 2.05) is 0 Å². The Labute approximate surface area is 93.5 Å². The molecule has 86 valence electrons. The maximum absolute atomic E-state index is 13.3. The SMILES string of the molecule is CCOC(=O)/C=C/c1cc(OC)ccc1F. The number of hydrogen-bond donors (Lipinski definition) is 0. The average molecular weight is 224 g/mol. The van der Waals surface area contributed by atoms with Crippen molar-refractivity contribution in [3.63, 3.8) is 0 Å². The summed E-state index contributed by atoms with van der Waals surface area (Å²) in [6.07, 6.45) is 2.54. The molecular weight excluding hydrogens is 211 g/mol. The van der Waals surface area contributed by atoms with E-state index in [1.165, 1.54) is 37.5 Å². The number of esters is 1. The summed E-state index contributed by atoms with van der Waals surface area (Å²) in [5.74, 6) is -0.379. The smallest absolute Gasteiger partial charge is 0.330 e. The highest BCUT2D eigenvalue weighted by Crippen LogP contribution is 2.17. The molecule has 0 bridgehead atoms. The summed E-state index contributed by atoms with van der Waals surface area (Å²) >= 11 is 0. The van der Waals surface area contributed by atoms with Gasteiger partial charge in [0.05, 0.1) is 13.7 Å². The minimum atomic E-state index is -0.496. The molecule has 0 saturated heterocycles. The molecule has 0 aromatic heterocycles. The van der Waals surface area contributed by atoms with Gasteiger partial charge in [0.2, 0.25) is 0 Å². The number of benzene rings is 1. The lowest BCUT2D eigenvalue weighted by atomic mass is 10.2. The fourth-order valence-electron chi connectivity index (χ4n) is 1.12. The van der Waals surface area contributed by atoms with Gasteiger partial charge in [-0.2, -0.15) is 0 Å². The van der Waals surface area contributed by atoms with E-state index in [0.29, 0.717) is 12.4 Å². The molecule has 1 aromatic rings. The molecule has 0 aliphatic carbocycles. The molecule has 0 aliphatic rings. The molecule has 0 radical (unpaired) electrons. The normalized spacial score (nSPS) is 10.4. The number of carbonyl (C=O) groups excluding carboxylic acids is 1. The second-order valence-corrected chi connectivity index (χ2v) is 2.97. The van der Waals surface area contributed by atoms with Crippen molar-refractivity contribution in [1.82, 2.24) is 0 Å². The Balaban J connectivity index is 2.83. The van der Waals surface area contributed by atoms with Crippen molar-refractivity contribution in [3.05, 3.63) is 35.7 Å². The Bertz CT molecular complexity index is 399. The zero-order chi connectivity index (χ0) is 12.0. The average Bonchev–Trinajstić information content (AvgIpc) is 2.28. The number of carbonyl (C=O) groups is 1. The largest absolute Gasteiger partial charge is 0.497 e. The van der Waals surface area contributed by atoms with Crippen LogP contribution in [0.5, 0.6) is 5.75 Å². The monoisotopic (exact) mass is 224 g/mol. The summed E-state index contributed by atoms with van der Waals surface area (Å²) in [6, 6.07) is 4.30. The van der Waals surface area contributed by atoms with E-state index in [2.05, 4.69) is 4.74 Å². The lowest BCUT2D eigenvalue weighted by molar-refractivity contribution is -0.137. The number of hydrogen-bond acceptors (Lipinski definition) is 3. The van der Waals surface area contributed by atoms with E-state index >= 15 is 0 Å². The van der Waals surface area contributed by atoms with Crippen LogP contribution in [0.25, 0.3) is 6.08 Å². The van der Waals surface area contributed by atoms with Crippen molar-refractivity contribution in [2.75, 3.05) is 13.7 Å². The highest BCUT2D eigenvalue weighted by Gasteiger charge is 2.01. The number of halogens is 1. The van der Waals surface area contributed by atoms with Gasteiger partial charge in [-0.3, -0.25) is 0 Å². The molecule has 3 nitrogen and oxygen atoms in total. The first-order valence-electron chi connectivity index (χ1n) is 4.85. The van der Waals surface area contributed by atoms with E-state index in [0.717, 1.165) is 0 Å². The molecule has 1 rings (SSSR count). The Morgan fingerprint density at radius 1 is 1.50 bits per heavy atom. The van der Waals surface area contributed by atoms with E-state index in [1.54, 1.807) is 6.92 Å². The van der Waals surface area contributed by atoms with Crippen LogP contribution in [0.2, 0.25) is 0 Å². The second-order valence-electron chi connectivity index (χ2n) is 2.97. The molecule has 0 saturated carbocycles. The molecule has 0 atom stereocenters. The summed E-state index contributed by atoms with van der Waals surface area (Å²) < 4.78 is 22.9. The van der Waals surface area contributed by atoms with Crippen LogP contribution in [0.3, 0.4) is 0 Å². The fourth-order valence-corrected chi connectivity index (χ4v) is 1.12. The van der Waals surface area contributed by atoms with Crippen LogP contribution < -0.4 is 4.74 Å². The van der Waals surface area contributed by atoms with Gasteiger partial charge in [0.1, 0.15) is 11.6 Å². The Morgan fingerprint density at radius 2 is 2.25 bits per heavy atom. The summed E-state index contributed by atoms with van der Waals surface area (Å²) in [7, 11) is 1.49. The van der Waals surface area contributed by atoms with Crippen LogP contribution in [-0.2, 0) is 9.53 Å². The number of ether oxygens (including phenoxy) is 2. The highest BCUT2D eigenvalue weighted by atomic mass is 19.1. The van der Waals surface area contributed by atoms with E-state index < -0.39 is 11.8 Å². The summed E-state index contributed by atoms with van der Waals surface area (Å²) in [6.45, 7) is 2.00. The van der Waals surface area contributed by atoms with Gasteiger partial charge in [-0.15, -0.1) is 0 Å². The summed E-state index contributed by atoms with van der Waals surface area (Å²) in [5.41, 5.74) is 0.285. The fraction of sp³-hybridized carbons (Fsp3) is 0.250. The number of rotatable bonds is 4. The van der Waals surface area contributed by atoms with Gasteiger partial charge in [-0.25, -0.2) is 9.18 Å². The maximum atomic E-state index is 13.3. The van der Waals surface area contributed by atoms with E-state index in [9.17, 15) is 9.18 Å². The van der Waals surface area contributed by atoms with Gasteiger partial charge in [-0.05, 0) is 31.2 Å². The maximum Gasteiger partial charge on any atom is 0.330 e. The van der Waals surface area contributed by atoms with Crippen LogP contribution >= 0.6 is 0 Å². The van der Waals surface area contributed by atoms with Gasteiger partial charge in [0, 0.05) is 11.6 Å². The third-order valence-corrected chi connectivity index (χ3v) is 1.89. The number of methoxy groups -OCH3 is 1. The van der Waals surface area contributed by atoms with Crippen LogP contribution in [0, 0.1) is 5.82 Å². The zero-order valence-electron chi connectivity index (χ0n) is 9.20. The molecule has 0 amide bonds. The Morgan fingerprint density at radius 3 is 2.88 bits per heavy atom. The van der Waals surface area contributed by atoms with Crippen molar-refractivity contribution in [2.45, 2.75) is 6.92 Å². The lowest BCUT2D eigenvalue weighted by Gasteiger charge is -2.02. The van der Waals surface area contributed by atoms with Gasteiger partial charge < -0.3 is 9.47 Å². The molecule has 0 N–H and O–H groups in total. The van der Waals surface area contributed by atoms with Crippen molar-refractivity contribution in [2.24, 2.45) is 0 Å². The van der Waals surface area contributed by atoms with Crippen molar-refractivity contribution < 1.29 is 18.7 Å². The molecule has 0 unspecified atom stereocenters. The minimum absolute atomic E-state index is 0.285. The second kappa shape index (κ2) is 5.90. The first-order valence-corrected chi connectivity index (χ1v) is 4.85. The van der Waals surface area contributed by atoms with Crippen molar-refractivity contribution in [3.8, 4) is 5.75 Å². The lowest BCUT2D eigenvalue weighted by Crippen LogP contribution is -1.98. The van der Waals surface area contributed by atoms with Crippen molar-refractivity contribution >= 4 is 12.0 Å². The van der Waals surface area contributed by atoms with Gasteiger partial charge in [0.15, 0.2) is 0 Å². The van der Waals surface area contributed by atoms with E-state index in [-0.39, 0.29) is 5.56 Å². The quantitative estimate of drug-likeness (QED) is 0.582. The zero-order valence-corrected chi connectivity index (χ0v) is 9.20. The standard InChI is InChI=1S/C12H13FO3/c1-3-16-12(14)7-4-9-8-10(15-2)5-6-11(9)13/h4-8H,3H2,1-2H3/b7-4+. The minimum Gasteiger partial charge on any atom is -0.497 e. The third-order valence-electron chi connectivity index (χ3n) is 1.89. The summed E-state index contributed by atoms with van der Waals surface area (Å²) in [5, 5.41) is 0. The van der Waals surface area contributed by atoms with Crippen LogP contribution in [0.1, 0.15) is 12.5 Å². The molecule has 0 fully saturated rings. The first-order chi connectivity index (χ1) is 7.67. The van der Waals surface area contributed by atoms with Crippen LogP contribution in [0.4, 0.5) is 4.39 Å². The predicted octanol–water partition coefficient (Wildman–Crippen LogP) is 2.41. The van der Waals surface area contributed by atoms with Gasteiger partial charge in [0.25, 0.3) is 0 Å². The van der Waals surface area contributed by atoms with Crippen molar-refractivity contribution in [1.29, 1.82) is 0 Å². The molecule has 1 aromatic carbocycles. The van der Waals surface area contributed by atoms with E-state index in [4.69, 9.17) is 4.74 Å².